The predicted octanol–water partition coefficient (Wildman–Crippen LogP) is -1.06. The Hall–Kier alpha value is -1.89. The van der Waals surface area contributed by atoms with Crippen LogP contribution in [0.25, 0.3) is 0 Å². The minimum atomic E-state index is -0.299. The fraction of sp³-hybridized carbons (Fsp3) is 0.167. The summed E-state index contributed by atoms with van der Waals surface area (Å²) in [4.78, 5) is 12.3. The van der Waals surface area contributed by atoms with Gasteiger partial charge in [0.05, 0.1) is 0 Å². The quantitative estimate of drug-likeness (QED) is 0.510. The van der Waals surface area contributed by atoms with Crippen LogP contribution in [-0.2, 0) is 0 Å². The smallest absolute Gasteiger partial charge is 0.237 e. The van der Waals surface area contributed by atoms with Gasteiger partial charge in [-0.15, -0.1) is 0 Å². The first-order chi connectivity index (χ1) is 6.17. The van der Waals surface area contributed by atoms with Gasteiger partial charge in [-0.25, -0.2) is 0 Å². The second kappa shape index (κ2) is 3.68. The van der Waals surface area contributed by atoms with Crippen LogP contribution >= 0.6 is 0 Å². The minimum absolute atomic E-state index is 0.00259. The van der Waals surface area contributed by atoms with E-state index in [4.69, 9.17) is 16.6 Å². The number of anilines is 3. The van der Waals surface area contributed by atoms with Crippen LogP contribution in [0.1, 0.15) is 0 Å². The third kappa shape index (κ3) is 2.03. The molecule has 0 amide bonds. The Bertz CT molecular complexity index is 294. The maximum Gasteiger partial charge on any atom is 0.237 e. The van der Waals surface area contributed by atoms with Crippen LogP contribution in [0.5, 0.6) is 0 Å². The highest BCUT2D eigenvalue weighted by Gasteiger charge is 2.06. The van der Waals surface area contributed by atoms with E-state index in [0.29, 0.717) is 0 Å². The van der Waals surface area contributed by atoms with E-state index in [0.717, 1.165) is 0 Å². The molecule has 1 aromatic rings. The average Bonchev–Trinajstić information content (AvgIpc) is 2.04. The predicted molar refractivity (Wildman–Crippen MR) is 48.4 cm³/mol. The Kier molecular flexibility index (Phi) is 2.60. The van der Waals surface area contributed by atoms with Crippen molar-refractivity contribution in [3.8, 4) is 0 Å². The lowest BCUT2D eigenvalue weighted by Crippen LogP contribution is -2.20. The maximum atomic E-state index is 8.83. The normalized spacial score (nSPS) is 9.62. The van der Waals surface area contributed by atoms with Gasteiger partial charge in [-0.1, -0.05) is 6.58 Å². The lowest BCUT2D eigenvalue weighted by Gasteiger charge is -2.13. The van der Waals surface area contributed by atoms with E-state index in [1.165, 1.54) is 11.1 Å². The summed E-state index contributed by atoms with van der Waals surface area (Å²) in [7, 11) is 0. The van der Waals surface area contributed by atoms with Gasteiger partial charge in [0.15, 0.2) is 0 Å². The number of hydrogen-bond acceptors (Lipinski definition) is 7. The van der Waals surface area contributed by atoms with Gasteiger partial charge < -0.3 is 16.6 Å². The van der Waals surface area contributed by atoms with Gasteiger partial charge in [0.2, 0.25) is 17.8 Å². The van der Waals surface area contributed by atoms with Crippen molar-refractivity contribution in [3.63, 3.8) is 0 Å². The van der Waals surface area contributed by atoms with Crippen LogP contribution in [0.4, 0.5) is 17.8 Å². The maximum absolute atomic E-state index is 8.83. The minimum Gasteiger partial charge on any atom is -0.376 e. The molecule has 0 aliphatic carbocycles. The van der Waals surface area contributed by atoms with E-state index in [-0.39, 0.29) is 24.6 Å². The van der Waals surface area contributed by atoms with Crippen LogP contribution in [-0.4, -0.2) is 26.8 Å². The summed E-state index contributed by atoms with van der Waals surface area (Å²) in [5.74, 6) is 0.174. The van der Waals surface area contributed by atoms with Crippen molar-refractivity contribution >= 4 is 17.8 Å². The Morgan fingerprint density at radius 2 is 1.85 bits per heavy atom. The molecule has 0 unspecified atom stereocenters. The Labute approximate surface area is 74.7 Å². The number of hydrogen-bond donors (Lipinski definition) is 3. The fourth-order valence-corrected chi connectivity index (χ4v) is 0.728. The monoisotopic (exact) mass is 182 g/mol. The van der Waals surface area contributed by atoms with Crippen molar-refractivity contribution in [3.05, 3.63) is 12.8 Å². The molecular formula is C6H10N6O. The van der Waals surface area contributed by atoms with Crippen LogP contribution in [0.15, 0.2) is 12.8 Å². The summed E-state index contributed by atoms with van der Waals surface area (Å²) in [6.07, 6.45) is 1.36. The number of nitrogen functional groups attached to an aromatic ring is 2. The second-order valence-corrected chi connectivity index (χ2v) is 2.15. The summed E-state index contributed by atoms with van der Waals surface area (Å²) < 4.78 is 0. The lowest BCUT2D eigenvalue weighted by atomic mass is 10.7. The van der Waals surface area contributed by atoms with Crippen molar-refractivity contribution in [2.24, 2.45) is 0 Å². The molecule has 7 heteroatoms. The average molecular weight is 182 g/mol. The summed E-state index contributed by atoms with van der Waals surface area (Å²) in [6, 6.07) is 0. The van der Waals surface area contributed by atoms with Gasteiger partial charge >= 0.3 is 0 Å². The van der Waals surface area contributed by atoms with Crippen molar-refractivity contribution in [1.82, 2.24) is 15.0 Å². The first kappa shape index (κ1) is 9.20. The zero-order valence-corrected chi connectivity index (χ0v) is 6.88. The van der Waals surface area contributed by atoms with Gasteiger partial charge in [-0.05, 0) is 0 Å². The van der Waals surface area contributed by atoms with Crippen molar-refractivity contribution in [2.45, 2.75) is 0 Å². The number of rotatable bonds is 3. The molecule has 0 saturated carbocycles. The summed E-state index contributed by atoms with van der Waals surface area (Å²) in [5.41, 5.74) is 10.6. The third-order valence-electron chi connectivity index (χ3n) is 1.29. The van der Waals surface area contributed by atoms with Crippen LogP contribution in [0.2, 0.25) is 0 Å². The van der Waals surface area contributed by atoms with Crippen LogP contribution in [0.3, 0.4) is 0 Å². The Morgan fingerprint density at radius 3 is 2.23 bits per heavy atom. The topological polar surface area (TPSA) is 114 Å². The molecule has 0 atom stereocenters. The first-order valence-corrected chi connectivity index (χ1v) is 3.44. The molecule has 0 fully saturated rings. The molecule has 0 aliphatic rings. The highest BCUT2D eigenvalue weighted by atomic mass is 16.3. The molecule has 0 aliphatic heterocycles. The highest BCUT2D eigenvalue weighted by molar-refractivity contribution is 5.41. The summed E-state index contributed by atoms with van der Waals surface area (Å²) in [6.45, 7) is 3.15. The molecule has 1 aromatic heterocycles. The number of aromatic nitrogens is 3. The zero-order chi connectivity index (χ0) is 9.84. The van der Waals surface area contributed by atoms with Crippen LogP contribution < -0.4 is 16.4 Å². The van der Waals surface area contributed by atoms with Gasteiger partial charge in [-0.3, -0.25) is 4.90 Å². The van der Waals surface area contributed by atoms with E-state index in [2.05, 4.69) is 21.5 Å². The van der Waals surface area contributed by atoms with Crippen molar-refractivity contribution < 1.29 is 5.11 Å². The molecule has 7 nitrogen and oxygen atoms in total. The number of aliphatic hydroxyl groups excluding tert-OH is 1. The molecule has 70 valence electrons. The van der Waals surface area contributed by atoms with Gasteiger partial charge in [0.25, 0.3) is 0 Å². The Balaban J connectivity index is 3.05. The standard InChI is InChI=1S/C6H10N6O/c1-2-12(3-13)6-10-4(7)9-5(8)11-6/h2,13H,1,3H2,(H4,7,8,9,10,11). The zero-order valence-electron chi connectivity index (χ0n) is 6.88. The molecule has 0 radical (unpaired) electrons. The molecule has 1 heterocycles. The molecular weight excluding hydrogens is 172 g/mol. The third-order valence-corrected chi connectivity index (χ3v) is 1.29. The molecule has 5 N–H and O–H groups in total. The first-order valence-electron chi connectivity index (χ1n) is 3.44. The molecule has 0 spiro atoms. The second-order valence-electron chi connectivity index (χ2n) is 2.15. The lowest BCUT2D eigenvalue weighted by molar-refractivity contribution is 0.301. The van der Waals surface area contributed by atoms with Crippen molar-refractivity contribution in [2.75, 3.05) is 23.1 Å². The SMILES string of the molecule is C=CN(CO)c1nc(N)nc(N)n1. The van der Waals surface area contributed by atoms with E-state index in [9.17, 15) is 0 Å². The van der Waals surface area contributed by atoms with Crippen LogP contribution in [0, 0.1) is 0 Å². The summed E-state index contributed by atoms with van der Waals surface area (Å²) >= 11 is 0. The van der Waals surface area contributed by atoms with Gasteiger partial charge in [0.1, 0.15) is 6.73 Å². The van der Waals surface area contributed by atoms with Crippen molar-refractivity contribution in [1.29, 1.82) is 0 Å². The molecule has 0 bridgehead atoms. The van der Waals surface area contributed by atoms with Gasteiger partial charge in [0, 0.05) is 6.20 Å². The molecule has 13 heavy (non-hydrogen) atoms. The fourth-order valence-electron chi connectivity index (χ4n) is 0.728. The van der Waals surface area contributed by atoms with E-state index in [1.807, 2.05) is 0 Å². The summed E-state index contributed by atoms with van der Waals surface area (Å²) in [5, 5.41) is 8.83. The van der Waals surface area contributed by atoms with Gasteiger partial charge in [-0.2, -0.15) is 15.0 Å². The largest absolute Gasteiger partial charge is 0.376 e. The molecule has 0 saturated heterocycles. The van der Waals surface area contributed by atoms with E-state index >= 15 is 0 Å². The van der Waals surface area contributed by atoms with E-state index in [1.54, 1.807) is 0 Å². The van der Waals surface area contributed by atoms with E-state index < -0.39 is 0 Å². The number of aliphatic hydroxyl groups is 1. The highest BCUT2D eigenvalue weighted by Crippen LogP contribution is 2.08. The number of nitrogens with two attached hydrogens (primary N) is 2. The Morgan fingerprint density at radius 1 is 1.31 bits per heavy atom. The molecule has 0 aromatic carbocycles. The molecule has 1 rings (SSSR count). The number of nitrogens with zero attached hydrogens (tertiary/aromatic N) is 4.